The Morgan fingerprint density at radius 1 is 1.55 bits per heavy atom. The summed E-state index contributed by atoms with van der Waals surface area (Å²) in [6.07, 6.45) is 6.27. The van der Waals surface area contributed by atoms with Crippen molar-refractivity contribution in [1.29, 1.82) is 0 Å². The van der Waals surface area contributed by atoms with Crippen LogP contribution in [-0.2, 0) is 16.6 Å². The van der Waals surface area contributed by atoms with E-state index in [4.69, 9.17) is 4.74 Å². The Morgan fingerprint density at radius 3 is 2.91 bits per heavy atom. The molecule has 0 radical (unpaired) electrons. The van der Waals surface area contributed by atoms with Gasteiger partial charge in [0, 0.05) is 39.4 Å². The van der Waals surface area contributed by atoms with Crippen LogP contribution in [0.4, 0.5) is 0 Å². The monoisotopic (exact) mass is 328 g/mol. The molecule has 7 heteroatoms. The molecule has 6 nitrogen and oxygen atoms in total. The largest absolute Gasteiger partial charge is 0.383 e. The fraction of sp³-hybridized carbons (Fsp3) is 0.733. The highest BCUT2D eigenvalue weighted by molar-refractivity contribution is 5.85. The van der Waals surface area contributed by atoms with Gasteiger partial charge in [0.15, 0.2) is 0 Å². The Kier molecular flexibility index (Phi) is 5.83. The molecule has 1 aromatic rings. The van der Waals surface area contributed by atoms with Crippen LogP contribution in [0, 0.1) is 11.8 Å². The van der Waals surface area contributed by atoms with E-state index >= 15 is 0 Å². The van der Waals surface area contributed by atoms with Crippen molar-refractivity contribution in [3.8, 4) is 0 Å². The van der Waals surface area contributed by atoms with E-state index in [2.05, 4.69) is 15.7 Å². The minimum atomic E-state index is -0.0210. The van der Waals surface area contributed by atoms with Crippen LogP contribution in [0.3, 0.4) is 0 Å². The van der Waals surface area contributed by atoms with Gasteiger partial charge in [-0.15, -0.1) is 12.4 Å². The van der Waals surface area contributed by atoms with Crippen LogP contribution in [-0.4, -0.2) is 48.5 Å². The topological polar surface area (TPSA) is 68.2 Å². The zero-order chi connectivity index (χ0) is 14.8. The molecule has 2 aliphatic rings. The third-order valence-corrected chi connectivity index (χ3v) is 4.57. The SMILES string of the molecule is COCC(NC(=O)[C@H]1CNC[C@@H]1c1cnn(C)c1)C1CC1.Cl. The number of carbonyl (C=O) groups is 1. The maximum Gasteiger partial charge on any atom is 0.225 e. The number of rotatable bonds is 6. The summed E-state index contributed by atoms with van der Waals surface area (Å²) in [6, 6.07) is 0.164. The number of ether oxygens (including phenoxy) is 1. The molecule has 2 N–H and O–H groups in total. The summed E-state index contributed by atoms with van der Waals surface area (Å²) < 4.78 is 7.03. The van der Waals surface area contributed by atoms with Crippen LogP contribution >= 0.6 is 12.4 Å². The summed E-state index contributed by atoms with van der Waals surface area (Å²) >= 11 is 0. The number of nitrogens with zero attached hydrogens (tertiary/aromatic N) is 2. The number of methoxy groups -OCH3 is 1. The predicted molar refractivity (Wildman–Crippen MR) is 86.1 cm³/mol. The van der Waals surface area contributed by atoms with E-state index in [1.165, 1.54) is 12.8 Å². The van der Waals surface area contributed by atoms with Crippen molar-refractivity contribution in [2.45, 2.75) is 24.8 Å². The predicted octanol–water partition coefficient (Wildman–Crippen LogP) is 0.686. The van der Waals surface area contributed by atoms with Crippen LogP contribution in [0.25, 0.3) is 0 Å². The Labute approximate surface area is 137 Å². The molecule has 2 fully saturated rings. The second-order valence-corrected chi connectivity index (χ2v) is 6.23. The fourth-order valence-electron chi connectivity index (χ4n) is 3.20. The number of aromatic nitrogens is 2. The molecule has 0 bridgehead atoms. The molecule has 3 rings (SSSR count). The molecule has 1 saturated heterocycles. The smallest absolute Gasteiger partial charge is 0.225 e. The standard InChI is InChI=1S/C15H24N4O2.ClH/c1-19-8-11(5-17-19)12-6-16-7-13(12)15(20)18-14(9-21-2)10-3-4-10;/h5,8,10,12-14,16H,3-4,6-7,9H2,1-2H3,(H,18,20);1H/t12-,13+,14?;/m1./s1. The maximum atomic E-state index is 12.6. The zero-order valence-electron chi connectivity index (χ0n) is 13.1. The molecule has 3 atom stereocenters. The van der Waals surface area contributed by atoms with E-state index < -0.39 is 0 Å². The van der Waals surface area contributed by atoms with Gasteiger partial charge in [-0.25, -0.2) is 0 Å². The molecular formula is C15H25ClN4O2. The summed E-state index contributed by atoms with van der Waals surface area (Å²) in [7, 11) is 3.60. The van der Waals surface area contributed by atoms with E-state index in [0.29, 0.717) is 12.5 Å². The van der Waals surface area contributed by atoms with Gasteiger partial charge < -0.3 is 15.4 Å². The van der Waals surface area contributed by atoms with Crippen LogP contribution < -0.4 is 10.6 Å². The Hall–Kier alpha value is -1.11. The molecule has 1 amide bonds. The molecule has 0 aromatic carbocycles. The average Bonchev–Trinajstić information content (AvgIpc) is 3.03. The van der Waals surface area contributed by atoms with Gasteiger partial charge in [0.2, 0.25) is 5.91 Å². The molecule has 1 aromatic heterocycles. The first-order chi connectivity index (χ1) is 10.2. The van der Waals surface area contributed by atoms with Gasteiger partial charge in [-0.3, -0.25) is 9.48 Å². The number of halogens is 1. The molecule has 124 valence electrons. The van der Waals surface area contributed by atoms with Crippen molar-refractivity contribution in [1.82, 2.24) is 20.4 Å². The van der Waals surface area contributed by atoms with Gasteiger partial charge in [-0.2, -0.15) is 5.10 Å². The van der Waals surface area contributed by atoms with Crippen LogP contribution in [0.15, 0.2) is 12.4 Å². The Balaban J connectivity index is 0.00000176. The Bertz CT molecular complexity index is 503. The summed E-state index contributed by atoms with van der Waals surface area (Å²) in [6.45, 7) is 2.17. The third-order valence-electron chi connectivity index (χ3n) is 4.57. The quantitative estimate of drug-likeness (QED) is 0.806. The lowest BCUT2D eigenvalue weighted by molar-refractivity contribution is -0.126. The second kappa shape index (κ2) is 7.44. The van der Waals surface area contributed by atoms with Crippen molar-refractivity contribution in [3.63, 3.8) is 0 Å². The number of nitrogens with one attached hydrogen (secondary N) is 2. The summed E-state index contributed by atoms with van der Waals surface area (Å²) in [5, 5.41) is 10.8. The third kappa shape index (κ3) is 3.80. The van der Waals surface area contributed by atoms with Crippen molar-refractivity contribution < 1.29 is 9.53 Å². The summed E-state index contributed by atoms with van der Waals surface area (Å²) in [5.41, 5.74) is 1.14. The number of hydrogen-bond acceptors (Lipinski definition) is 4. The normalized spacial score (nSPS) is 25.5. The van der Waals surface area contributed by atoms with Gasteiger partial charge in [0.25, 0.3) is 0 Å². The van der Waals surface area contributed by atoms with E-state index in [1.54, 1.807) is 11.8 Å². The summed E-state index contributed by atoms with van der Waals surface area (Å²) in [5.74, 6) is 0.927. The Morgan fingerprint density at radius 2 is 2.32 bits per heavy atom. The highest BCUT2D eigenvalue weighted by Gasteiger charge is 2.38. The molecule has 1 aliphatic carbocycles. The first-order valence-corrected chi connectivity index (χ1v) is 7.67. The van der Waals surface area contributed by atoms with Gasteiger partial charge in [0.05, 0.1) is 24.8 Å². The highest BCUT2D eigenvalue weighted by Crippen LogP contribution is 2.34. The van der Waals surface area contributed by atoms with Crippen LogP contribution in [0.1, 0.15) is 24.3 Å². The molecule has 0 spiro atoms. The van der Waals surface area contributed by atoms with Crippen molar-refractivity contribution in [2.24, 2.45) is 18.9 Å². The first kappa shape index (κ1) is 17.2. The second-order valence-electron chi connectivity index (χ2n) is 6.23. The summed E-state index contributed by atoms with van der Waals surface area (Å²) in [4.78, 5) is 12.6. The lowest BCUT2D eigenvalue weighted by atomic mass is 9.90. The van der Waals surface area contributed by atoms with E-state index in [1.807, 2.05) is 19.4 Å². The number of carbonyl (C=O) groups excluding carboxylic acids is 1. The van der Waals surface area contributed by atoms with E-state index in [9.17, 15) is 4.79 Å². The zero-order valence-corrected chi connectivity index (χ0v) is 13.9. The van der Waals surface area contributed by atoms with Crippen LogP contribution in [0.2, 0.25) is 0 Å². The maximum absolute atomic E-state index is 12.6. The van der Waals surface area contributed by atoms with Gasteiger partial charge >= 0.3 is 0 Å². The molecule has 1 aliphatic heterocycles. The lowest BCUT2D eigenvalue weighted by Crippen LogP contribution is -2.44. The molecular weight excluding hydrogens is 304 g/mol. The van der Waals surface area contributed by atoms with Crippen LogP contribution in [0.5, 0.6) is 0 Å². The minimum Gasteiger partial charge on any atom is -0.383 e. The van der Waals surface area contributed by atoms with E-state index in [0.717, 1.165) is 18.7 Å². The number of amides is 1. The number of hydrogen-bond donors (Lipinski definition) is 2. The lowest BCUT2D eigenvalue weighted by Gasteiger charge is -2.22. The first-order valence-electron chi connectivity index (χ1n) is 7.67. The van der Waals surface area contributed by atoms with Crippen molar-refractivity contribution in [2.75, 3.05) is 26.8 Å². The molecule has 1 unspecified atom stereocenters. The van der Waals surface area contributed by atoms with Gasteiger partial charge in [0.1, 0.15) is 0 Å². The average molecular weight is 329 g/mol. The van der Waals surface area contributed by atoms with Crippen molar-refractivity contribution >= 4 is 18.3 Å². The molecule has 22 heavy (non-hydrogen) atoms. The van der Waals surface area contributed by atoms with Crippen molar-refractivity contribution in [3.05, 3.63) is 18.0 Å². The molecule has 1 saturated carbocycles. The fourth-order valence-corrected chi connectivity index (χ4v) is 3.20. The van der Waals surface area contributed by atoms with E-state index in [-0.39, 0.29) is 36.2 Å². The van der Waals surface area contributed by atoms with Gasteiger partial charge in [-0.05, 0) is 24.3 Å². The highest BCUT2D eigenvalue weighted by atomic mass is 35.5. The minimum absolute atomic E-state index is 0. The van der Waals surface area contributed by atoms with Gasteiger partial charge in [-0.1, -0.05) is 0 Å². The number of aryl methyl sites for hydroxylation is 1. The molecule has 2 heterocycles.